The SMILES string of the molecule is Cc1ccc(COc2c(I)cc(/C=C3\N=C(c4ccccc4F)OC3=O)cc2I)cc1. The topological polar surface area (TPSA) is 47.9 Å². The van der Waals surface area contributed by atoms with Crippen molar-refractivity contribution < 1.29 is 18.7 Å². The summed E-state index contributed by atoms with van der Waals surface area (Å²) in [5.74, 6) is -0.345. The molecule has 4 rings (SSSR count). The molecule has 0 atom stereocenters. The fraction of sp³-hybridized carbons (Fsp3) is 0.0833. The zero-order chi connectivity index (χ0) is 22.0. The van der Waals surface area contributed by atoms with E-state index in [0.29, 0.717) is 6.61 Å². The number of carbonyl (C=O) groups excluding carboxylic acids is 1. The summed E-state index contributed by atoms with van der Waals surface area (Å²) in [5.41, 5.74) is 3.35. The highest BCUT2D eigenvalue weighted by atomic mass is 127. The van der Waals surface area contributed by atoms with Crippen LogP contribution in [-0.4, -0.2) is 11.9 Å². The highest BCUT2D eigenvalue weighted by Gasteiger charge is 2.26. The summed E-state index contributed by atoms with van der Waals surface area (Å²) in [6, 6.07) is 18.1. The van der Waals surface area contributed by atoms with Gasteiger partial charge in [0.1, 0.15) is 18.2 Å². The van der Waals surface area contributed by atoms with Crippen LogP contribution in [0.25, 0.3) is 6.08 Å². The second kappa shape index (κ2) is 9.47. The van der Waals surface area contributed by atoms with E-state index in [-0.39, 0.29) is 17.2 Å². The fourth-order valence-corrected chi connectivity index (χ4v) is 5.09. The standard InChI is InChI=1S/C24H16FI2NO3/c1-14-6-8-15(9-7-14)13-30-22-19(26)10-16(11-20(22)27)12-21-24(29)31-23(28-21)17-4-2-3-5-18(17)25/h2-12H,13H2,1H3/b21-12-. The van der Waals surface area contributed by atoms with Crippen LogP contribution in [-0.2, 0) is 16.1 Å². The third-order valence-electron chi connectivity index (χ3n) is 4.55. The normalized spacial score (nSPS) is 14.5. The lowest BCUT2D eigenvalue weighted by atomic mass is 10.1. The van der Waals surface area contributed by atoms with Crippen LogP contribution in [0.3, 0.4) is 0 Å². The molecule has 3 aromatic carbocycles. The van der Waals surface area contributed by atoms with Crippen LogP contribution >= 0.6 is 45.2 Å². The van der Waals surface area contributed by atoms with Gasteiger partial charge in [-0.1, -0.05) is 42.0 Å². The van der Waals surface area contributed by atoms with Gasteiger partial charge in [0, 0.05) is 0 Å². The summed E-state index contributed by atoms with van der Waals surface area (Å²) < 4.78 is 27.0. The maximum Gasteiger partial charge on any atom is 0.363 e. The summed E-state index contributed by atoms with van der Waals surface area (Å²) in [6.45, 7) is 2.52. The van der Waals surface area contributed by atoms with E-state index < -0.39 is 11.8 Å². The molecule has 0 fully saturated rings. The predicted octanol–water partition coefficient (Wildman–Crippen LogP) is 6.27. The first kappa shape index (κ1) is 21.9. The average Bonchev–Trinajstić information content (AvgIpc) is 3.09. The molecule has 0 N–H and O–H groups in total. The van der Waals surface area contributed by atoms with Crippen LogP contribution in [0.1, 0.15) is 22.3 Å². The van der Waals surface area contributed by atoms with E-state index in [1.165, 1.54) is 17.7 Å². The van der Waals surface area contributed by atoms with Crippen LogP contribution in [0.5, 0.6) is 5.75 Å². The number of rotatable bonds is 5. The van der Waals surface area contributed by atoms with E-state index in [9.17, 15) is 9.18 Å². The molecule has 4 nitrogen and oxygen atoms in total. The number of ether oxygens (including phenoxy) is 2. The quantitative estimate of drug-likeness (QED) is 0.188. The first-order valence-corrected chi connectivity index (χ1v) is 11.5. The van der Waals surface area contributed by atoms with Gasteiger partial charge in [-0.2, -0.15) is 0 Å². The molecule has 0 unspecified atom stereocenters. The molecular weight excluding hydrogens is 623 g/mol. The number of halogens is 3. The molecule has 0 aliphatic carbocycles. The van der Waals surface area contributed by atoms with Gasteiger partial charge >= 0.3 is 5.97 Å². The maximum atomic E-state index is 14.0. The minimum atomic E-state index is -0.608. The number of aryl methyl sites for hydroxylation is 1. The first-order chi connectivity index (χ1) is 14.9. The van der Waals surface area contributed by atoms with E-state index in [4.69, 9.17) is 9.47 Å². The van der Waals surface area contributed by atoms with Gasteiger partial charge in [-0.15, -0.1) is 0 Å². The van der Waals surface area contributed by atoms with Crippen molar-refractivity contribution in [1.29, 1.82) is 0 Å². The van der Waals surface area contributed by atoms with Gasteiger partial charge in [0.2, 0.25) is 5.90 Å². The van der Waals surface area contributed by atoms with Crippen molar-refractivity contribution in [2.24, 2.45) is 4.99 Å². The summed E-state index contributed by atoms with van der Waals surface area (Å²) in [6.07, 6.45) is 1.63. The van der Waals surface area contributed by atoms with Crippen molar-refractivity contribution in [3.63, 3.8) is 0 Å². The molecule has 1 heterocycles. The molecule has 7 heteroatoms. The van der Waals surface area contributed by atoms with Crippen molar-refractivity contribution in [3.8, 4) is 5.75 Å². The summed E-state index contributed by atoms with van der Waals surface area (Å²) in [4.78, 5) is 16.4. The Labute approximate surface area is 206 Å². The van der Waals surface area contributed by atoms with Crippen molar-refractivity contribution in [1.82, 2.24) is 0 Å². The Balaban J connectivity index is 1.56. The van der Waals surface area contributed by atoms with Crippen LogP contribution in [0.15, 0.2) is 71.4 Å². The average molecular weight is 639 g/mol. The Morgan fingerprint density at radius 3 is 2.42 bits per heavy atom. The van der Waals surface area contributed by atoms with E-state index >= 15 is 0 Å². The van der Waals surface area contributed by atoms with Gasteiger partial charge in [-0.25, -0.2) is 14.2 Å². The molecule has 1 aliphatic rings. The third-order valence-corrected chi connectivity index (χ3v) is 6.16. The second-order valence-corrected chi connectivity index (χ2v) is 9.23. The number of aliphatic imine (C=N–C) groups is 1. The smallest absolute Gasteiger partial charge is 0.363 e. The predicted molar refractivity (Wildman–Crippen MR) is 134 cm³/mol. The Hall–Kier alpha value is -2.27. The molecule has 0 aromatic heterocycles. The lowest BCUT2D eigenvalue weighted by Gasteiger charge is -2.12. The number of esters is 1. The van der Waals surface area contributed by atoms with Crippen molar-refractivity contribution >= 4 is 63.1 Å². The van der Waals surface area contributed by atoms with E-state index in [1.54, 1.807) is 18.2 Å². The number of carbonyl (C=O) groups is 1. The highest BCUT2D eigenvalue weighted by Crippen LogP contribution is 2.31. The molecular formula is C24H16FI2NO3. The molecule has 1 aliphatic heterocycles. The Kier molecular flexibility index (Phi) is 6.71. The number of cyclic esters (lactones) is 1. The largest absolute Gasteiger partial charge is 0.487 e. The number of hydrogen-bond acceptors (Lipinski definition) is 4. The van der Waals surface area contributed by atoms with E-state index in [0.717, 1.165) is 24.0 Å². The Bertz CT molecular complexity index is 1200. The molecule has 0 bridgehead atoms. The molecule has 0 radical (unpaired) electrons. The van der Waals surface area contributed by atoms with Crippen LogP contribution in [0.4, 0.5) is 4.39 Å². The lowest BCUT2D eigenvalue weighted by molar-refractivity contribution is -0.129. The Morgan fingerprint density at radius 1 is 1.06 bits per heavy atom. The highest BCUT2D eigenvalue weighted by molar-refractivity contribution is 14.1. The Morgan fingerprint density at radius 2 is 1.74 bits per heavy atom. The van der Waals surface area contributed by atoms with Crippen LogP contribution in [0.2, 0.25) is 0 Å². The first-order valence-electron chi connectivity index (χ1n) is 9.35. The number of nitrogens with zero attached hydrogens (tertiary/aromatic N) is 1. The summed E-state index contributed by atoms with van der Waals surface area (Å²) in [7, 11) is 0. The van der Waals surface area contributed by atoms with Gasteiger partial charge < -0.3 is 9.47 Å². The molecule has 0 saturated carbocycles. The van der Waals surface area contributed by atoms with Crippen molar-refractivity contribution in [3.05, 3.63) is 102 Å². The lowest BCUT2D eigenvalue weighted by Crippen LogP contribution is -2.07. The zero-order valence-corrected chi connectivity index (χ0v) is 20.7. The fourth-order valence-electron chi connectivity index (χ4n) is 2.96. The van der Waals surface area contributed by atoms with Gasteiger partial charge in [0.05, 0.1) is 12.7 Å². The molecule has 0 saturated heterocycles. The van der Waals surface area contributed by atoms with Crippen LogP contribution < -0.4 is 4.74 Å². The molecule has 3 aromatic rings. The maximum absolute atomic E-state index is 14.0. The van der Waals surface area contributed by atoms with Crippen molar-refractivity contribution in [2.45, 2.75) is 13.5 Å². The second-order valence-electron chi connectivity index (χ2n) is 6.90. The molecule has 156 valence electrons. The zero-order valence-electron chi connectivity index (χ0n) is 16.4. The van der Waals surface area contributed by atoms with Crippen molar-refractivity contribution in [2.75, 3.05) is 0 Å². The monoisotopic (exact) mass is 639 g/mol. The van der Waals surface area contributed by atoms with Gasteiger partial charge in [0.25, 0.3) is 0 Å². The molecule has 31 heavy (non-hydrogen) atoms. The van der Waals surface area contributed by atoms with Gasteiger partial charge in [-0.05, 0) is 93.6 Å². The summed E-state index contributed by atoms with van der Waals surface area (Å²) in [5, 5.41) is 0. The number of benzene rings is 3. The van der Waals surface area contributed by atoms with E-state index in [1.807, 2.05) is 31.2 Å². The molecule has 0 spiro atoms. The summed E-state index contributed by atoms with van der Waals surface area (Å²) >= 11 is 4.42. The molecule has 0 amide bonds. The third kappa shape index (κ3) is 5.15. The minimum absolute atomic E-state index is 0.0307. The minimum Gasteiger partial charge on any atom is -0.487 e. The van der Waals surface area contributed by atoms with Gasteiger partial charge in [0.15, 0.2) is 5.70 Å². The van der Waals surface area contributed by atoms with Gasteiger partial charge in [-0.3, -0.25) is 0 Å². The number of hydrogen-bond donors (Lipinski definition) is 0. The van der Waals surface area contributed by atoms with Crippen LogP contribution in [0, 0.1) is 19.9 Å². The van der Waals surface area contributed by atoms with E-state index in [2.05, 4.69) is 62.3 Å².